The number of fused-ring (bicyclic) bond motifs is 1. The average Bonchev–Trinajstić information content (AvgIpc) is 2.69. The molecule has 0 saturated carbocycles. The first-order valence-electron chi connectivity index (χ1n) is 7.28. The molecule has 0 aliphatic heterocycles. The highest BCUT2D eigenvalue weighted by Crippen LogP contribution is 2.29. The lowest BCUT2D eigenvalue weighted by Crippen LogP contribution is -2.15. The molecule has 18 heavy (non-hydrogen) atoms. The summed E-state index contributed by atoms with van der Waals surface area (Å²) >= 11 is 2.04. The van der Waals surface area contributed by atoms with E-state index in [0.717, 1.165) is 0 Å². The van der Waals surface area contributed by atoms with E-state index in [4.69, 9.17) is 0 Å². The van der Waals surface area contributed by atoms with Gasteiger partial charge in [0.05, 0.1) is 0 Å². The van der Waals surface area contributed by atoms with Crippen molar-refractivity contribution >= 4 is 11.8 Å². The molecule has 1 aliphatic rings. The van der Waals surface area contributed by atoms with E-state index < -0.39 is 0 Å². The van der Waals surface area contributed by atoms with Gasteiger partial charge in [0.2, 0.25) is 0 Å². The minimum atomic E-state index is 0.578. The van der Waals surface area contributed by atoms with Crippen LogP contribution in [0.25, 0.3) is 0 Å². The van der Waals surface area contributed by atoms with Gasteiger partial charge >= 0.3 is 0 Å². The van der Waals surface area contributed by atoms with Gasteiger partial charge < -0.3 is 9.88 Å². The molecule has 1 N–H and O–H groups in total. The molecule has 0 aromatic carbocycles. The van der Waals surface area contributed by atoms with Crippen LogP contribution >= 0.6 is 11.8 Å². The highest BCUT2D eigenvalue weighted by Gasteiger charge is 2.18. The number of rotatable bonds is 6. The van der Waals surface area contributed by atoms with Crippen LogP contribution in [0.2, 0.25) is 0 Å². The standard InChI is InChI=1S/C15H26N2S/c1-3-18-10-6-9-17-11-13-7-4-5-8-15(16-2)14(13)12-17/h11-12,15-16H,3-10H2,1-2H3. The monoisotopic (exact) mass is 266 g/mol. The number of thioether (sulfide) groups is 1. The summed E-state index contributed by atoms with van der Waals surface area (Å²) in [5.41, 5.74) is 3.13. The largest absolute Gasteiger partial charge is 0.354 e. The van der Waals surface area contributed by atoms with Crippen LogP contribution in [0.15, 0.2) is 12.4 Å². The number of hydrogen-bond acceptors (Lipinski definition) is 2. The van der Waals surface area contributed by atoms with Gasteiger partial charge in [0, 0.05) is 25.0 Å². The third-order valence-corrected chi connectivity index (χ3v) is 4.80. The van der Waals surface area contributed by atoms with Crippen LogP contribution in [0, 0.1) is 0 Å². The molecule has 0 radical (unpaired) electrons. The molecular weight excluding hydrogens is 240 g/mol. The minimum Gasteiger partial charge on any atom is -0.354 e. The Morgan fingerprint density at radius 2 is 2.28 bits per heavy atom. The molecule has 0 bridgehead atoms. The number of aromatic nitrogens is 1. The van der Waals surface area contributed by atoms with E-state index in [1.54, 1.807) is 11.1 Å². The number of nitrogens with one attached hydrogen (secondary N) is 1. The molecule has 0 fully saturated rings. The van der Waals surface area contributed by atoms with Crippen LogP contribution in [-0.2, 0) is 13.0 Å². The Bertz CT molecular complexity index is 359. The van der Waals surface area contributed by atoms with Gasteiger partial charge in [-0.3, -0.25) is 0 Å². The van der Waals surface area contributed by atoms with Gasteiger partial charge in [-0.1, -0.05) is 13.3 Å². The van der Waals surface area contributed by atoms with E-state index in [1.807, 2.05) is 11.8 Å². The summed E-state index contributed by atoms with van der Waals surface area (Å²) in [6, 6.07) is 0.578. The first-order chi connectivity index (χ1) is 8.85. The first-order valence-corrected chi connectivity index (χ1v) is 8.44. The molecule has 0 saturated heterocycles. The van der Waals surface area contributed by atoms with Crippen LogP contribution < -0.4 is 5.32 Å². The van der Waals surface area contributed by atoms with Crippen molar-refractivity contribution in [2.75, 3.05) is 18.6 Å². The van der Waals surface area contributed by atoms with Crippen molar-refractivity contribution in [2.45, 2.75) is 51.6 Å². The molecule has 102 valence electrons. The van der Waals surface area contributed by atoms with Crippen molar-refractivity contribution in [3.8, 4) is 0 Å². The zero-order valence-corrected chi connectivity index (χ0v) is 12.6. The molecule has 1 aliphatic carbocycles. The van der Waals surface area contributed by atoms with Crippen molar-refractivity contribution < 1.29 is 0 Å². The van der Waals surface area contributed by atoms with E-state index in [2.05, 4.69) is 36.2 Å². The molecule has 1 unspecified atom stereocenters. The highest BCUT2D eigenvalue weighted by molar-refractivity contribution is 7.99. The smallest absolute Gasteiger partial charge is 0.0335 e. The molecule has 2 rings (SSSR count). The summed E-state index contributed by atoms with van der Waals surface area (Å²) in [7, 11) is 2.09. The van der Waals surface area contributed by atoms with Crippen molar-refractivity contribution in [1.29, 1.82) is 0 Å². The predicted octanol–water partition coefficient (Wildman–Crippen LogP) is 3.62. The van der Waals surface area contributed by atoms with Gasteiger partial charge in [0.15, 0.2) is 0 Å². The lowest BCUT2D eigenvalue weighted by Gasteiger charge is -2.13. The second-order valence-electron chi connectivity index (χ2n) is 5.11. The molecule has 0 spiro atoms. The number of aryl methyl sites for hydroxylation is 2. The van der Waals surface area contributed by atoms with Crippen molar-refractivity contribution in [3.05, 3.63) is 23.5 Å². The Morgan fingerprint density at radius 3 is 3.06 bits per heavy atom. The summed E-state index contributed by atoms with van der Waals surface area (Å²) < 4.78 is 2.41. The van der Waals surface area contributed by atoms with E-state index in [-0.39, 0.29) is 0 Å². The summed E-state index contributed by atoms with van der Waals surface area (Å²) in [6.45, 7) is 3.41. The van der Waals surface area contributed by atoms with Crippen LogP contribution in [0.3, 0.4) is 0 Å². The summed E-state index contributed by atoms with van der Waals surface area (Å²) in [4.78, 5) is 0. The van der Waals surface area contributed by atoms with E-state index >= 15 is 0 Å². The quantitative estimate of drug-likeness (QED) is 0.625. The van der Waals surface area contributed by atoms with Gasteiger partial charge in [-0.15, -0.1) is 0 Å². The fraction of sp³-hybridized carbons (Fsp3) is 0.733. The molecule has 0 amide bonds. The third kappa shape index (κ3) is 3.55. The summed E-state index contributed by atoms with van der Waals surface area (Å²) in [5.74, 6) is 2.53. The zero-order valence-electron chi connectivity index (χ0n) is 11.7. The predicted molar refractivity (Wildman–Crippen MR) is 81.4 cm³/mol. The number of nitrogens with zero attached hydrogens (tertiary/aromatic N) is 1. The van der Waals surface area contributed by atoms with Gasteiger partial charge in [0.1, 0.15) is 0 Å². The van der Waals surface area contributed by atoms with Crippen LogP contribution in [-0.4, -0.2) is 23.1 Å². The normalized spacial score (nSPS) is 19.6. The highest BCUT2D eigenvalue weighted by atomic mass is 32.2. The molecule has 1 atom stereocenters. The van der Waals surface area contributed by atoms with Gasteiger partial charge in [0.25, 0.3) is 0 Å². The summed E-state index contributed by atoms with van der Waals surface area (Å²) in [6.07, 6.45) is 11.3. The lowest BCUT2D eigenvalue weighted by molar-refractivity contribution is 0.529. The summed E-state index contributed by atoms with van der Waals surface area (Å²) in [5, 5.41) is 3.47. The fourth-order valence-corrected chi connectivity index (χ4v) is 3.46. The molecule has 3 heteroatoms. The van der Waals surface area contributed by atoms with Crippen LogP contribution in [0.4, 0.5) is 0 Å². The Balaban J connectivity index is 1.98. The molecule has 1 heterocycles. The first kappa shape index (κ1) is 14.0. The molecule has 2 nitrogen and oxygen atoms in total. The van der Waals surface area contributed by atoms with Crippen molar-refractivity contribution in [2.24, 2.45) is 0 Å². The maximum atomic E-state index is 3.47. The van der Waals surface area contributed by atoms with Crippen molar-refractivity contribution in [3.63, 3.8) is 0 Å². The number of hydrogen-bond donors (Lipinski definition) is 1. The van der Waals surface area contributed by atoms with Gasteiger partial charge in [-0.25, -0.2) is 0 Å². The van der Waals surface area contributed by atoms with E-state index in [1.165, 1.54) is 50.2 Å². The Hall–Kier alpha value is -0.410. The maximum Gasteiger partial charge on any atom is 0.0335 e. The second kappa shape index (κ2) is 7.25. The Labute approximate surface area is 116 Å². The Kier molecular flexibility index (Phi) is 5.64. The van der Waals surface area contributed by atoms with E-state index in [0.29, 0.717) is 6.04 Å². The topological polar surface area (TPSA) is 17.0 Å². The Morgan fingerprint density at radius 1 is 1.39 bits per heavy atom. The van der Waals surface area contributed by atoms with Crippen molar-refractivity contribution in [1.82, 2.24) is 9.88 Å². The van der Waals surface area contributed by atoms with Crippen LogP contribution in [0.5, 0.6) is 0 Å². The second-order valence-corrected chi connectivity index (χ2v) is 6.51. The molecule has 1 aromatic heterocycles. The van der Waals surface area contributed by atoms with E-state index in [9.17, 15) is 0 Å². The molecular formula is C15H26N2S. The van der Waals surface area contributed by atoms with Crippen LogP contribution in [0.1, 0.15) is 49.8 Å². The SMILES string of the molecule is CCSCCCn1cc2c(c1)C(NC)CCCC2. The average molecular weight is 266 g/mol. The fourth-order valence-electron chi connectivity index (χ4n) is 2.84. The third-order valence-electron chi connectivity index (χ3n) is 3.82. The lowest BCUT2D eigenvalue weighted by atomic mass is 10.1. The molecule has 1 aromatic rings. The van der Waals surface area contributed by atoms with Gasteiger partial charge in [-0.05, 0) is 55.4 Å². The minimum absolute atomic E-state index is 0.578. The van der Waals surface area contributed by atoms with Gasteiger partial charge in [-0.2, -0.15) is 11.8 Å². The zero-order chi connectivity index (χ0) is 12.8. The maximum absolute atomic E-state index is 3.47.